The number of carbonyl (C=O) groups excluding carboxylic acids is 1. The Kier molecular flexibility index (Phi) is 4.48. The molecule has 1 N–H and O–H groups in total. The standard InChI is InChI=1S/C18H18BrN3O/c1-3-15-16(18(23)20-10-13-7-5-4-6-8-13)22-11-12(2)9-14(19)17(22)21-15/h4-9,11H,3,10H2,1-2H3,(H,20,23). The first-order valence-corrected chi connectivity index (χ1v) is 8.38. The molecule has 0 aliphatic heterocycles. The number of imidazole rings is 1. The van der Waals surface area contributed by atoms with Crippen molar-refractivity contribution in [1.29, 1.82) is 0 Å². The van der Waals surface area contributed by atoms with Crippen molar-refractivity contribution >= 4 is 27.5 Å². The van der Waals surface area contributed by atoms with Crippen molar-refractivity contribution in [3.63, 3.8) is 0 Å². The van der Waals surface area contributed by atoms with Crippen molar-refractivity contribution < 1.29 is 4.79 Å². The van der Waals surface area contributed by atoms with Crippen LogP contribution in [0.2, 0.25) is 0 Å². The molecule has 0 saturated heterocycles. The largest absolute Gasteiger partial charge is 0.347 e. The summed E-state index contributed by atoms with van der Waals surface area (Å²) in [5, 5.41) is 2.99. The normalized spacial score (nSPS) is 10.9. The van der Waals surface area contributed by atoms with Crippen molar-refractivity contribution in [3.05, 3.63) is 69.6 Å². The van der Waals surface area contributed by atoms with Gasteiger partial charge in [0.15, 0.2) is 5.65 Å². The van der Waals surface area contributed by atoms with Gasteiger partial charge in [-0.05, 0) is 46.5 Å². The van der Waals surface area contributed by atoms with E-state index in [-0.39, 0.29) is 5.91 Å². The van der Waals surface area contributed by atoms with Gasteiger partial charge < -0.3 is 5.32 Å². The second-order valence-electron chi connectivity index (χ2n) is 5.49. The third-order valence-corrected chi connectivity index (χ3v) is 4.31. The van der Waals surface area contributed by atoms with E-state index in [4.69, 9.17) is 0 Å². The number of aromatic nitrogens is 2. The van der Waals surface area contributed by atoms with Crippen LogP contribution in [0.1, 0.15) is 34.2 Å². The molecule has 2 heterocycles. The average molecular weight is 372 g/mol. The Morgan fingerprint density at radius 3 is 2.74 bits per heavy atom. The predicted molar refractivity (Wildman–Crippen MR) is 94.6 cm³/mol. The predicted octanol–water partition coefficient (Wildman–Crippen LogP) is 3.90. The van der Waals surface area contributed by atoms with Gasteiger partial charge in [0.2, 0.25) is 0 Å². The summed E-state index contributed by atoms with van der Waals surface area (Å²) >= 11 is 3.53. The molecule has 0 spiro atoms. The monoisotopic (exact) mass is 371 g/mol. The highest BCUT2D eigenvalue weighted by Gasteiger charge is 2.19. The lowest BCUT2D eigenvalue weighted by molar-refractivity contribution is 0.0944. The number of pyridine rings is 1. The molecule has 0 saturated carbocycles. The first-order chi connectivity index (χ1) is 11.1. The maximum absolute atomic E-state index is 12.7. The highest BCUT2D eigenvalue weighted by atomic mass is 79.9. The fourth-order valence-corrected chi connectivity index (χ4v) is 3.27. The number of rotatable bonds is 4. The Labute approximate surface area is 143 Å². The summed E-state index contributed by atoms with van der Waals surface area (Å²) in [6.45, 7) is 4.51. The number of nitrogens with zero attached hydrogens (tertiary/aromatic N) is 2. The van der Waals surface area contributed by atoms with E-state index in [9.17, 15) is 4.79 Å². The number of hydrogen-bond donors (Lipinski definition) is 1. The second kappa shape index (κ2) is 6.54. The molecular weight excluding hydrogens is 354 g/mol. The molecule has 1 amide bonds. The van der Waals surface area contributed by atoms with Crippen LogP contribution < -0.4 is 5.32 Å². The zero-order chi connectivity index (χ0) is 16.4. The molecule has 0 fully saturated rings. The molecule has 3 aromatic rings. The van der Waals surface area contributed by atoms with Crippen molar-refractivity contribution in [1.82, 2.24) is 14.7 Å². The van der Waals surface area contributed by atoms with Crippen LogP contribution in [0.15, 0.2) is 47.1 Å². The molecule has 23 heavy (non-hydrogen) atoms. The maximum atomic E-state index is 12.7. The van der Waals surface area contributed by atoms with Gasteiger partial charge in [-0.2, -0.15) is 0 Å². The second-order valence-corrected chi connectivity index (χ2v) is 6.34. The van der Waals surface area contributed by atoms with E-state index in [0.717, 1.165) is 26.9 Å². The van der Waals surface area contributed by atoms with E-state index < -0.39 is 0 Å². The van der Waals surface area contributed by atoms with Crippen LogP contribution in [-0.4, -0.2) is 15.3 Å². The number of nitrogens with one attached hydrogen (secondary N) is 1. The molecule has 4 nitrogen and oxygen atoms in total. The molecule has 0 unspecified atom stereocenters. The molecule has 1 aromatic carbocycles. The zero-order valence-corrected chi connectivity index (χ0v) is 14.7. The summed E-state index contributed by atoms with van der Waals surface area (Å²) in [7, 11) is 0. The molecule has 0 atom stereocenters. The molecule has 2 aromatic heterocycles. The number of aryl methyl sites for hydroxylation is 2. The van der Waals surface area contributed by atoms with Crippen molar-refractivity contribution in [2.75, 3.05) is 0 Å². The van der Waals surface area contributed by atoms with Gasteiger partial charge in [0.1, 0.15) is 5.69 Å². The first kappa shape index (κ1) is 15.7. The Hall–Kier alpha value is -2.14. The minimum absolute atomic E-state index is 0.101. The summed E-state index contributed by atoms with van der Waals surface area (Å²) in [5.41, 5.74) is 4.34. The minimum atomic E-state index is -0.101. The zero-order valence-electron chi connectivity index (χ0n) is 13.1. The molecule has 3 rings (SSSR count). The topological polar surface area (TPSA) is 46.4 Å². The quantitative estimate of drug-likeness (QED) is 0.755. The maximum Gasteiger partial charge on any atom is 0.270 e. The highest BCUT2D eigenvalue weighted by molar-refractivity contribution is 9.10. The van der Waals surface area contributed by atoms with Gasteiger partial charge in [0.25, 0.3) is 5.91 Å². The third-order valence-electron chi connectivity index (χ3n) is 3.73. The number of halogens is 1. The van der Waals surface area contributed by atoms with E-state index in [0.29, 0.717) is 18.7 Å². The number of hydrogen-bond acceptors (Lipinski definition) is 2. The Morgan fingerprint density at radius 2 is 2.04 bits per heavy atom. The molecule has 0 aliphatic carbocycles. The van der Waals surface area contributed by atoms with E-state index in [2.05, 4.69) is 26.2 Å². The number of benzene rings is 1. The smallest absolute Gasteiger partial charge is 0.270 e. The fraction of sp³-hybridized carbons (Fsp3) is 0.222. The Balaban J connectivity index is 1.96. The molecular formula is C18H18BrN3O. The number of fused-ring (bicyclic) bond motifs is 1. The lowest BCUT2D eigenvalue weighted by Crippen LogP contribution is -2.25. The molecule has 0 radical (unpaired) electrons. The van der Waals surface area contributed by atoms with Gasteiger partial charge in [-0.3, -0.25) is 9.20 Å². The van der Waals surface area contributed by atoms with E-state index in [1.165, 1.54) is 0 Å². The van der Waals surface area contributed by atoms with Crippen LogP contribution in [-0.2, 0) is 13.0 Å². The summed E-state index contributed by atoms with van der Waals surface area (Å²) in [5.74, 6) is -0.101. The lowest BCUT2D eigenvalue weighted by atomic mass is 10.2. The highest BCUT2D eigenvalue weighted by Crippen LogP contribution is 2.23. The van der Waals surface area contributed by atoms with Crippen LogP contribution in [0.3, 0.4) is 0 Å². The van der Waals surface area contributed by atoms with Gasteiger partial charge >= 0.3 is 0 Å². The van der Waals surface area contributed by atoms with E-state index in [1.54, 1.807) is 0 Å². The van der Waals surface area contributed by atoms with Crippen molar-refractivity contribution in [3.8, 4) is 0 Å². The van der Waals surface area contributed by atoms with Crippen LogP contribution in [0.5, 0.6) is 0 Å². The van der Waals surface area contributed by atoms with Gasteiger partial charge in [-0.25, -0.2) is 4.98 Å². The van der Waals surface area contributed by atoms with Crippen LogP contribution in [0.4, 0.5) is 0 Å². The van der Waals surface area contributed by atoms with Gasteiger partial charge in [-0.1, -0.05) is 37.3 Å². The van der Waals surface area contributed by atoms with Crippen LogP contribution >= 0.6 is 15.9 Å². The van der Waals surface area contributed by atoms with Crippen LogP contribution in [0.25, 0.3) is 5.65 Å². The SMILES string of the molecule is CCc1nc2c(Br)cc(C)cn2c1C(=O)NCc1ccccc1. The molecule has 118 valence electrons. The summed E-state index contributed by atoms with van der Waals surface area (Å²) < 4.78 is 2.77. The molecule has 0 aliphatic rings. The Morgan fingerprint density at radius 1 is 1.30 bits per heavy atom. The van der Waals surface area contributed by atoms with Crippen molar-refractivity contribution in [2.45, 2.75) is 26.8 Å². The fourth-order valence-electron chi connectivity index (χ4n) is 2.63. The summed E-state index contributed by atoms with van der Waals surface area (Å²) in [4.78, 5) is 17.3. The Bertz CT molecular complexity index is 856. The van der Waals surface area contributed by atoms with Crippen LogP contribution in [0, 0.1) is 6.92 Å². The first-order valence-electron chi connectivity index (χ1n) is 7.59. The number of amides is 1. The third kappa shape index (κ3) is 3.15. The summed E-state index contributed by atoms with van der Waals surface area (Å²) in [6.07, 6.45) is 2.66. The van der Waals surface area contributed by atoms with Gasteiger partial charge in [0, 0.05) is 12.7 Å². The van der Waals surface area contributed by atoms with E-state index in [1.807, 2.05) is 60.8 Å². The molecule has 5 heteroatoms. The lowest BCUT2D eigenvalue weighted by Gasteiger charge is -2.07. The summed E-state index contributed by atoms with van der Waals surface area (Å²) in [6, 6.07) is 11.9. The van der Waals surface area contributed by atoms with E-state index >= 15 is 0 Å². The van der Waals surface area contributed by atoms with Crippen molar-refractivity contribution in [2.24, 2.45) is 0 Å². The van der Waals surface area contributed by atoms with Gasteiger partial charge in [0.05, 0.1) is 10.2 Å². The number of carbonyl (C=O) groups is 1. The minimum Gasteiger partial charge on any atom is -0.347 e. The average Bonchev–Trinajstić information content (AvgIpc) is 2.92. The van der Waals surface area contributed by atoms with Gasteiger partial charge in [-0.15, -0.1) is 0 Å². The molecule has 0 bridgehead atoms.